The molecule has 1 fully saturated rings. The number of fused-ring (bicyclic) bond motifs is 1. The fourth-order valence-electron chi connectivity index (χ4n) is 3.48. The molecule has 8 heteroatoms. The van der Waals surface area contributed by atoms with Crippen LogP contribution in [0.3, 0.4) is 0 Å². The van der Waals surface area contributed by atoms with Gasteiger partial charge in [0.15, 0.2) is 11.5 Å². The first-order valence-electron chi connectivity index (χ1n) is 9.71. The van der Waals surface area contributed by atoms with Crippen molar-refractivity contribution in [2.24, 2.45) is 0 Å². The van der Waals surface area contributed by atoms with Gasteiger partial charge in [-0.05, 0) is 62.2 Å². The van der Waals surface area contributed by atoms with Crippen LogP contribution in [0, 0.1) is 0 Å². The predicted octanol–water partition coefficient (Wildman–Crippen LogP) is 4.07. The standard InChI is InChI=1S/C21H25NO5S2/c1-15(2)27-17-4-6-18(7-5-17)29(23,24)22-10-9-21(28-12-11-22)16-3-8-19-20(13-16)26-14-25-19/h3-8,13,15,21H,9-12,14H2,1-2H3. The van der Waals surface area contributed by atoms with Crippen LogP contribution >= 0.6 is 11.8 Å². The van der Waals surface area contributed by atoms with Gasteiger partial charge in [0.25, 0.3) is 0 Å². The minimum Gasteiger partial charge on any atom is -0.491 e. The van der Waals surface area contributed by atoms with Gasteiger partial charge in [0, 0.05) is 24.1 Å². The van der Waals surface area contributed by atoms with Crippen molar-refractivity contribution in [1.82, 2.24) is 4.31 Å². The number of sulfonamides is 1. The molecule has 0 radical (unpaired) electrons. The highest BCUT2D eigenvalue weighted by Gasteiger charge is 2.29. The molecular formula is C21H25NO5S2. The van der Waals surface area contributed by atoms with Crippen LogP contribution < -0.4 is 14.2 Å². The Kier molecular flexibility index (Phi) is 5.94. The Balaban J connectivity index is 1.46. The topological polar surface area (TPSA) is 65.1 Å². The quantitative estimate of drug-likeness (QED) is 0.705. The summed E-state index contributed by atoms with van der Waals surface area (Å²) < 4.78 is 44.3. The monoisotopic (exact) mass is 435 g/mol. The molecule has 0 saturated carbocycles. The molecule has 0 bridgehead atoms. The highest BCUT2D eigenvalue weighted by atomic mass is 32.2. The van der Waals surface area contributed by atoms with E-state index < -0.39 is 10.0 Å². The zero-order valence-corrected chi connectivity index (χ0v) is 18.2. The lowest BCUT2D eigenvalue weighted by Crippen LogP contribution is -2.33. The van der Waals surface area contributed by atoms with E-state index in [0.29, 0.717) is 23.7 Å². The van der Waals surface area contributed by atoms with Gasteiger partial charge in [0.1, 0.15) is 5.75 Å². The number of nitrogens with zero attached hydrogens (tertiary/aromatic N) is 1. The third kappa shape index (κ3) is 4.49. The van der Waals surface area contributed by atoms with E-state index in [1.54, 1.807) is 40.3 Å². The Morgan fingerprint density at radius 3 is 2.59 bits per heavy atom. The molecule has 1 unspecified atom stereocenters. The second-order valence-corrected chi connectivity index (χ2v) is 10.6. The van der Waals surface area contributed by atoms with E-state index in [0.717, 1.165) is 29.2 Å². The molecule has 4 rings (SSSR count). The average molecular weight is 436 g/mol. The first-order chi connectivity index (χ1) is 13.9. The van der Waals surface area contributed by atoms with Crippen molar-refractivity contribution in [1.29, 1.82) is 0 Å². The van der Waals surface area contributed by atoms with Crippen molar-refractivity contribution in [3.8, 4) is 17.2 Å². The molecule has 0 spiro atoms. The molecule has 0 aliphatic carbocycles. The van der Waals surface area contributed by atoms with E-state index >= 15 is 0 Å². The van der Waals surface area contributed by atoms with Crippen molar-refractivity contribution >= 4 is 21.8 Å². The van der Waals surface area contributed by atoms with Crippen LogP contribution in [0.15, 0.2) is 47.4 Å². The average Bonchev–Trinajstić information content (AvgIpc) is 3.01. The number of hydrogen-bond acceptors (Lipinski definition) is 6. The molecule has 156 valence electrons. The number of thioether (sulfide) groups is 1. The summed E-state index contributed by atoms with van der Waals surface area (Å²) in [5.74, 6) is 2.95. The Morgan fingerprint density at radius 1 is 1.07 bits per heavy atom. The molecule has 2 aliphatic heterocycles. The highest BCUT2D eigenvalue weighted by Crippen LogP contribution is 2.40. The molecule has 2 aromatic rings. The minimum atomic E-state index is -3.53. The first-order valence-corrected chi connectivity index (χ1v) is 12.2. The summed E-state index contributed by atoms with van der Waals surface area (Å²) in [5.41, 5.74) is 1.15. The van der Waals surface area contributed by atoms with E-state index in [1.165, 1.54) is 0 Å². The van der Waals surface area contributed by atoms with Gasteiger partial charge in [0.2, 0.25) is 16.8 Å². The Hall–Kier alpha value is -1.90. The van der Waals surface area contributed by atoms with Gasteiger partial charge in [-0.1, -0.05) is 6.07 Å². The molecule has 0 amide bonds. The summed E-state index contributed by atoms with van der Waals surface area (Å²) in [5, 5.41) is 0.228. The maximum Gasteiger partial charge on any atom is 0.243 e. The van der Waals surface area contributed by atoms with Crippen molar-refractivity contribution < 1.29 is 22.6 Å². The van der Waals surface area contributed by atoms with Crippen molar-refractivity contribution in [2.75, 3.05) is 25.6 Å². The minimum absolute atomic E-state index is 0.0493. The summed E-state index contributed by atoms with van der Waals surface area (Å²) in [7, 11) is -3.53. The fraction of sp³-hybridized carbons (Fsp3) is 0.429. The maximum atomic E-state index is 13.1. The van der Waals surface area contributed by atoms with Gasteiger partial charge >= 0.3 is 0 Å². The predicted molar refractivity (Wildman–Crippen MR) is 113 cm³/mol. The van der Waals surface area contributed by atoms with Crippen LogP contribution in [0.25, 0.3) is 0 Å². The zero-order valence-electron chi connectivity index (χ0n) is 16.5. The van der Waals surface area contributed by atoms with Crippen molar-refractivity contribution in [3.05, 3.63) is 48.0 Å². The van der Waals surface area contributed by atoms with Crippen LogP contribution in [-0.4, -0.2) is 44.5 Å². The highest BCUT2D eigenvalue weighted by molar-refractivity contribution is 7.99. The lowest BCUT2D eigenvalue weighted by atomic mass is 10.1. The molecule has 2 heterocycles. The van der Waals surface area contributed by atoms with Crippen LogP contribution in [0.5, 0.6) is 17.2 Å². The van der Waals surface area contributed by atoms with Gasteiger partial charge < -0.3 is 14.2 Å². The SMILES string of the molecule is CC(C)Oc1ccc(S(=O)(=O)N2CCSC(c3ccc4c(c3)OCO4)CC2)cc1. The molecule has 2 aliphatic rings. The second-order valence-electron chi connectivity index (χ2n) is 7.30. The number of rotatable bonds is 5. The molecule has 0 aromatic heterocycles. The molecule has 2 aromatic carbocycles. The molecule has 1 atom stereocenters. The number of benzene rings is 2. The summed E-state index contributed by atoms with van der Waals surface area (Å²) in [6.07, 6.45) is 0.797. The maximum absolute atomic E-state index is 13.1. The molecule has 0 N–H and O–H groups in total. The third-order valence-corrected chi connectivity index (χ3v) is 8.14. The summed E-state index contributed by atoms with van der Waals surface area (Å²) in [6.45, 7) is 5.12. The van der Waals surface area contributed by atoms with E-state index in [2.05, 4.69) is 0 Å². The van der Waals surface area contributed by atoms with Crippen molar-refractivity contribution in [3.63, 3.8) is 0 Å². The van der Waals surface area contributed by atoms with Crippen LogP contribution in [0.2, 0.25) is 0 Å². The third-order valence-electron chi connectivity index (χ3n) is 4.90. The van der Waals surface area contributed by atoms with Gasteiger partial charge in [-0.25, -0.2) is 8.42 Å². The number of hydrogen-bond donors (Lipinski definition) is 0. The van der Waals surface area contributed by atoms with Gasteiger partial charge in [-0.15, -0.1) is 0 Å². The Labute approximate surface area is 176 Å². The first kappa shape index (κ1) is 20.4. The van der Waals surface area contributed by atoms with Crippen LogP contribution in [0.4, 0.5) is 0 Å². The molecule has 1 saturated heterocycles. The van der Waals surface area contributed by atoms with E-state index in [1.807, 2.05) is 32.0 Å². The molecule has 6 nitrogen and oxygen atoms in total. The fourth-order valence-corrected chi connectivity index (χ4v) is 6.27. The summed E-state index contributed by atoms with van der Waals surface area (Å²) >= 11 is 1.78. The summed E-state index contributed by atoms with van der Waals surface area (Å²) in [6, 6.07) is 12.7. The Morgan fingerprint density at radius 2 is 1.83 bits per heavy atom. The largest absolute Gasteiger partial charge is 0.491 e. The molecule has 29 heavy (non-hydrogen) atoms. The smallest absolute Gasteiger partial charge is 0.243 e. The van der Waals surface area contributed by atoms with E-state index in [9.17, 15) is 8.42 Å². The normalized spacial score (nSPS) is 19.9. The second kappa shape index (κ2) is 8.45. The molecular weight excluding hydrogens is 410 g/mol. The Bertz CT molecular complexity index is 960. The van der Waals surface area contributed by atoms with E-state index in [4.69, 9.17) is 14.2 Å². The zero-order chi connectivity index (χ0) is 20.4. The van der Waals surface area contributed by atoms with Crippen LogP contribution in [0.1, 0.15) is 31.1 Å². The lowest BCUT2D eigenvalue weighted by molar-refractivity contribution is 0.174. The lowest BCUT2D eigenvalue weighted by Gasteiger charge is -2.20. The van der Waals surface area contributed by atoms with Gasteiger partial charge in [-0.3, -0.25) is 0 Å². The number of ether oxygens (including phenoxy) is 3. The van der Waals surface area contributed by atoms with Gasteiger partial charge in [-0.2, -0.15) is 16.1 Å². The van der Waals surface area contributed by atoms with E-state index in [-0.39, 0.29) is 18.1 Å². The van der Waals surface area contributed by atoms with Gasteiger partial charge in [0.05, 0.1) is 11.0 Å². The van der Waals surface area contributed by atoms with Crippen molar-refractivity contribution in [2.45, 2.75) is 36.5 Å². The van der Waals surface area contributed by atoms with Crippen LogP contribution in [-0.2, 0) is 10.0 Å². The summed E-state index contributed by atoms with van der Waals surface area (Å²) in [4.78, 5) is 0.306.